The third kappa shape index (κ3) is 4.01. The van der Waals surface area contributed by atoms with Gasteiger partial charge in [-0.15, -0.1) is 0 Å². The number of aliphatic hydroxyl groups is 1. The Balaban J connectivity index is 1.80. The maximum absolute atomic E-state index is 13.5. The number of benzene rings is 1. The summed E-state index contributed by atoms with van der Waals surface area (Å²) in [7, 11) is 0. The number of rotatable bonds is 5. The van der Waals surface area contributed by atoms with Crippen molar-refractivity contribution in [3.05, 3.63) is 35.1 Å². The molecule has 112 valence electrons. The zero-order valence-corrected chi connectivity index (χ0v) is 12.2. The van der Waals surface area contributed by atoms with Gasteiger partial charge in [-0.3, -0.25) is 0 Å². The number of hydrogen-bond donors (Lipinski definition) is 2. The Morgan fingerprint density at radius 2 is 2.10 bits per heavy atom. The minimum absolute atomic E-state index is 0.110. The summed E-state index contributed by atoms with van der Waals surface area (Å²) in [5.41, 5.74) is 7.68. The van der Waals surface area contributed by atoms with Crippen molar-refractivity contribution < 1.29 is 9.50 Å². The molecule has 0 spiro atoms. The molecule has 1 aromatic carbocycles. The molecular formula is C16H25FN2O. The van der Waals surface area contributed by atoms with Crippen molar-refractivity contribution in [3.63, 3.8) is 0 Å². The summed E-state index contributed by atoms with van der Waals surface area (Å²) >= 11 is 0. The first kappa shape index (κ1) is 15.4. The lowest BCUT2D eigenvalue weighted by atomic mass is 9.97. The summed E-state index contributed by atoms with van der Waals surface area (Å²) in [6.07, 6.45) is 2.96. The Morgan fingerprint density at radius 3 is 2.70 bits per heavy atom. The number of aryl methyl sites for hydroxylation is 1. The third-order valence-corrected chi connectivity index (χ3v) is 4.35. The Morgan fingerprint density at radius 1 is 1.40 bits per heavy atom. The van der Waals surface area contributed by atoms with Crippen molar-refractivity contribution in [2.75, 3.05) is 26.2 Å². The van der Waals surface area contributed by atoms with E-state index >= 15 is 0 Å². The van der Waals surface area contributed by atoms with Gasteiger partial charge in [0.2, 0.25) is 0 Å². The van der Waals surface area contributed by atoms with E-state index in [1.807, 2.05) is 6.07 Å². The largest absolute Gasteiger partial charge is 0.396 e. The zero-order valence-electron chi connectivity index (χ0n) is 12.2. The molecule has 2 rings (SSSR count). The molecule has 0 radical (unpaired) electrons. The van der Waals surface area contributed by atoms with Crippen LogP contribution in [0.25, 0.3) is 0 Å². The van der Waals surface area contributed by atoms with Crippen molar-refractivity contribution >= 4 is 0 Å². The minimum Gasteiger partial charge on any atom is -0.396 e. The summed E-state index contributed by atoms with van der Waals surface area (Å²) in [6, 6.07) is 5.15. The van der Waals surface area contributed by atoms with Gasteiger partial charge >= 0.3 is 0 Å². The fourth-order valence-corrected chi connectivity index (χ4v) is 2.72. The van der Waals surface area contributed by atoms with Crippen molar-refractivity contribution in [1.29, 1.82) is 0 Å². The lowest BCUT2D eigenvalue weighted by Crippen LogP contribution is -2.36. The van der Waals surface area contributed by atoms with Gasteiger partial charge in [-0.25, -0.2) is 4.39 Å². The van der Waals surface area contributed by atoms with Crippen LogP contribution in [0.5, 0.6) is 0 Å². The Bertz CT molecular complexity index is 430. The second-order valence-corrected chi connectivity index (χ2v) is 5.87. The first-order valence-corrected chi connectivity index (χ1v) is 7.45. The van der Waals surface area contributed by atoms with Crippen LogP contribution in [0.3, 0.4) is 0 Å². The fraction of sp³-hybridized carbons (Fsp3) is 0.625. The molecule has 1 fully saturated rings. The SMILES string of the molecule is Cc1ccc(C(N)CCN2CCC(CO)CC2)cc1F. The normalized spacial score (nSPS) is 19.2. The van der Waals surface area contributed by atoms with Crippen molar-refractivity contribution in [3.8, 4) is 0 Å². The molecule has 0 bridgehead atoms. The number of piperidine rings is 1. The van der Waals surface area contributed by atoms with Crippen LogP contribution in [0.15, 0.2) is 18.2 Å². The van der Waals surface area contributed by atoms with Gasteiger partial charge in [-0.05, 0) is 68.9 Å². The number of nitrogens with zero attached hydrogens (tertiary/aromatic N) is 1. The fourth-order valence-electron chi connectivity index (χ4n) is 2.72. The second kappa shape index (κ2) is 7.16. The Hall–Kier alpha value is -0.970. The summed E-state index contributed by atoms with van der Waals surface area (Å²) in [6.45, 7) is 5.06. The zero-order chi connectivity index (χ0) is 14.5. The predicted molar refractivity (Wildman–Crippen MR) is 78.9 cm³/mol. The summed E-state index contributed by atoms with van der Waals surface area (Å²) < 4.78 is 13.5. The predicted octanol–water partition coefficient (Wildman–Crippen LogP) is 2.23. The topological polar surface area (TPSA) is 49.5 Å². The maximum Gasteiger partial charge on any atom is 0.126 e. The van der Waals surface area contributed by atoms with Crippen molar-refractivity contribution in [1.82, 2.24) is 4.90 Å². The molecule has 1 unspecified atom stereocenters. The molecule has 0 saturated carbocycles. The molecule has 0 amide bonds. The Labute approximate surface area is 120 Å². The van der Waals surface area contributed by atoms with E-state index in [4.69, 9.17) is 10.8 Å². The third-order valence-electron chi connectivity index (χ3n) is 4.35. The molecule has 20 heavy (non-hydrogen) atoms. The van der Waals surface area contributed by atoms with Crippen molar-refractivity contribution in [2.24, 2.45) is 11.7 Å². The molecule has 0 aliphatic carbocycles. The number of hydrogen-bond acceptors (Lipinski definition) is 3. The molecule has 4 heteroatoms. The van der Waals surface area contributed by atoms with Gasteiger partial charge in [-0.2, -0.15) is 0 Å². The highest BCUT2D eigenvalue weighted by Crippen LogP contribution is 2.20. The van der Waals surface area contributed by atoms with E-state index in [0.29, 0.717) is 18.1 Å². The van der Waals surface area contributed by atoms with E-state index < -0.39 is 0 Å². The van der Waals surface area contributed by atoms with Gasteiger partial charge in [0, 0.05) is 12.6 Å². The standard InChI is InChI=1S/C16H25FN2O/c1-12-2-3-14(10-15(12)17)16(18)6-9-19-7-4-13(11-20)5-8-19/h2-3,10,13,16,20H,4-9,11,18H2,1H3. The van der Waals surface area contributed by atoms with E-state index in [0.717, 1.165) is 44.5 Å². The number of likely N-dealkylation sites (tertiary alicyclic amines) is 1. The molecule has 1 aromatic rings. The maximum atomic E-state index is 13.5. The molecule has 1 atom stereocenters. The van der Waals surface area contributed by atoms with Crippen LogP contribution in [0.2, 0.25) is 0 Å². The average Bonchev–Trinajstić information content (AvgIpc) is 2.48. The van der Waals surface area contributed by atoms with E-state index in [1.165, 1.54) is 0 Å². The highest BCUT2D eigenvalue weighted by Gasteiger charge is 2.19. The Kier molecular flexibility index (Phi) is 5.52. The molecule has 1 saturated heterocycles. The number of nitrogens with two attached hydrogens (primary N) is 1. The van der Waals surface area contributed by atoms with E-state index in [-0.39, 0.29) is 11.9 Å². The van der Waals surface area contributed by atoms with Gasteiger partial charge in [0.05, 0.1) is 0 Å². The van der Waals surface area contributed by atoms with Crippen LogP contribution in [0.1, 0.15) is 36.4 Å². The smallest absolute Gasteiger partial charge is 0.126 e. The first-order chi connectivity index (χ1) is 9.60. The summed E-state index contributed by atoms with van der Waals surface area (Å²) in [5.74, 6) is 0.285. The number of aliphatic hydroxyl groups excluding tert-OH is 1. The van der Waals surface area contributed by atoms with Crippen LogP contribution in [-0.2, 0) is 0 Å². The molecule has 1 aliphatic rings. The van der Waals surface area contributed by atoms with Gasteiger partial charge in [0.15, 0.2) is 0 Å². The molecule has 3 N–H and O–H groups in total. The van der Waals surface area contributed by atoms with Crippen LogP contribution in [0, 0.1) is 18.7 Å². The van der Waals surface area contributed by atoms with Crippen LogP contribution >= 0.6 is 0 Å². The van der Waals surface area contributed by atoms with E-state index in [1.54, 1.807) is 19.1 Å². The monoisotopic (exact) mass is 280 g/mol. The van der Waals surface area contributed by atoms with E-state index in [9.17, 15) is 4.39 Å². The quantitative estimate of drug-likeness (QED) is 0.869. The average molecular weight is 280 g/mol. The van der Waals surface area contributed by atoms with E-state index in [2.05, 4.69) is 4.90 Å². The second-order valence-electron chi connectivity index (χ2n) is 5.87. The van der Waals surface area contributed by atoms with Gasteiger partial charge in [0.1, 0.15) is 5.82 Å². The molecule has 3 nitrogen and oxygen atoms in total. The summed E-state index contributed by atoms with van der Waals surface area (Å²) in [4.78, 5) is 2.39. The molecule has 1 heterocycles. The first-order valence-electron chi connectivity index (χ1n) is 7.45. The molecular weight excluding hydrogens is 255 g/mol. The lowest BCUT2D eigenvalue weighted by Gasteiger charge is -2.31. The van der Waals surface area contributed by atoms with Crippen LogP contribution in [-0.4, -0.2) is 36.2 Å². The molecule has 0 aromatic heterocycles. The number of halogens is 1. The lowest BCUT2D eigenvalue weighted by molar-refractivity contribution is 0.129. The highest BCUT2D eigenvalue weighted by molar-refractivity contribution is 5.25. The van der Waals surface area contributed by atoms with Gasteiger partial charge < -0.3 is 15.7 Å². The summed E-state index contributed by atoms with van der Waals surface area (Å²) in [5, 5.41) is 9.12. The minimum atomic E-state index is -0.179. The molecule has 1 aliphatic heterocycles. The van der Waals surface area contributed by atoms with Crippen molar-refractivity contribution in [2.45, 2.75) is 32.2 Å². The van der Waals surface area contributed by atoms with Crippen LogP contribution in [0.4, 0.5) is 4.39 Å². The van der Waals surface area contributed by atoms with Crippen LogP contribution < -0.4 is 5.73 Å². The van der Waals surface area contributed by atoms with Gasteiger partial charge in [0.25, 0.3) is 0 Å². The van der Waals surface area contributed by atoms with Gasteiger partial charge in [-0.1, -0.05) is 12.1 Å². The highest BCUT2D eigenvalue weighted by atomic mass is 19.1.